The molecule has 52 heavy (non-hydrogen) atoms. The van der Waals surface area contributed by atoms with E-state index in [0.29, 0.717) is 23.7 Å². The van der Waals surface area contributed by atoms with Gasteiger partial charge < -0.3 is 0 Å². The van der Waals surface area contributed by atoms with Crippen LogP contribution in [0.3, 0.4) is 0 Å². The largest absolute Gasteiger partial charge is 0.249 e. The number of aryl methyl sites for hydroxylation is 2. The Labute approximate surface area is 319 Å². The Balaban J connectivity index is 1.96. The summed E-state index contributed by atoms with van der Waals surface area (Å²) in [5.74, 6) is 2.62. The van der Waals surface area contributed by atoms with Crippen molar-refractivity contribution >= 4 is 32.8 Å². The van der Waals surface area contributed by atoms with Crippen molar-refractivity contribution < 1.29 is 0 Å². The molecule has 288 valence electrons. The maximum absolute atomic E-state index is 5.68. The molecule has 0 spiro atoms. The minimum Gasteiger partial charge on any atom is -0.249 e. The first-order chi connectivity index (χ1) is 25.2. The maximum atomic E-state index is 5.68. The van der Waals surface area contributed by atoms with Gasteiger partial charge in [-0.2, -0.15) is 0 Å². The van der Waals surface area contributed by atoms with Crippen LogP contribution in [-0.2, 0) is 25.7 Å². The molecule has 2 heterocycles. The quantitative estimate of drug-likeness (QED) is 0.0680. The van der Waals surface area contributed by atoms with E-state index >= 15 is 0 Å². The fourth-order valence-electron chi connectivity index (χ4n) is 8.57. The Bertz CT molecular complexity index is 1560. The third kappa shape index (κ3) is 10.7. The van der Waals surface area contributed by atoms with E-state index < -0.39 is 0 Å². The summed E-state index contributed by atoms with van der Waals surface area (Å²) in [5.41, 5.74) is 11.7. The highest BCUT2D eigenvalue weighted by Gasteiger charge is 2.23. The van der Waals surface area contributed by atoms with Crippen molar-refractivity contribution in [2.75, 3.05) is 0 Å². The van der Waals surface area contributed by atoms with Gasteiger partial charge >= 0.3 is 0 Å². The van der Waals surface area contributed by atoms with Gasteiger partial charge in [0.05, 0.1) is 44.8 Å². The zero-order valence-electron chi connectivity index (χ0n) is 35.4. The van der Waals surface area contributed by atoms with Gasteiger partial charge in [0.25, 0.3) is 0 Å². The average molecular weight is 709 g/mol. The Kier molecular flexibility index (Phi) is 17.3. The summed E-state index contributed by atoms with van der Waals surface area (Å²) in [6.45, 7) is 23.2. The van der Waals surface area contributed by atoms with Crippen molar-refractivity contribution in [1.82, 2.24) is 19.9 Å². The van der Waals surface area contributed by atoms with Crippen molar-refractivity contribution in [3.05, 3.63) is 46.0 Å². The molecule has 0 bridgehead atoms. The lowest BCUT2D eigenvalue weighted by Crippen LogP contribution is -2.14. The summed E-state index contributed by atoms with van der Waals surface area (Å²) in [7, 11) is 0. The summed E-state index contributed by atoms with van der Waals surface area (Å²) in [5, 5.41) is 2.40. The predicted octanol–water partition coefficient (Wildman–Crippen LogP) is 14.4. The monoisotopic (exact) mass is 709 g/mol. The van der Waals surface area contributed by atoms with Gasteiger partial charge in [0.2, 0.25) is 0 Å². The average Bonchev–Trinajstić information content (AvgIpc) is 3.15. The molecule has 0 aliphatic carbocycles. The van der Waals surface area contributed by atoms with Crippen LogP contribution in [0, 0.1) is 37.5 Å². The van der Waals surface area contributed by atoms with E-state index in [9.17, 15) is 0 Å². The van der Waals surface area contributed by atoms with Crippen LogP contribution in [0.15, 0.2) is 12.1 Å². The van der Waals surface area contributed by atoms with Crippen LogP contribution in [0.5, 0.6) is 0 Å². The summed E-state index contributed by atoms with van der Waals surface area (Å²) < 4.78 is 0. The molecule has 4 rings (SSSR count). The van der Waals surface area contributed by atoms with Crippen molar-refractivity contribution in [3.63, 3.8) is 0 Å². The first kappa shape index (κ1) is 42.1. The third-order valence-electron chi connectivity index (χ3n) is 12.5. The van der Waals surface area contributed by atoms with Gasteiger partial charge in [0.15, 0.2) is 0 Å². The molecular weight excluding hydrogens is 633 g/mol. The molecule has 2 aromatic heterocycles. The topological polar surface area (TPSA) is 51.6 Å². The molecule has 4 aromatic rings. The minimum atomic E-state index is 0.648. The number of unbranched alkanes of at least 4 members (excludes halogenated alkanes) is 4. The van der Waals surface area contributed by atoms with E-state index in [0.717, 1.165) is 47.8 Å². The molecule has 4 heteroatoms. The molecule has 4 atom stereocenters. The van der Waals surface area contributed by atoms with Crippen molar-refractivity contribution in [3.8, 4) is 0 Å². The Morgan fingerprint density at radius 2 is 0.635 bits per heavy atom. The van der Waals surface area contributed by atoms with Gasteiger partial charge in [0, 0.05) is 10.8 Å². The summed E-state index contributed by atoms with van der Waals surface area (Å²) in [4.78, 5) is 22.5. The number of fused-ring (bicyclic) bond motifs is 5. The smallest absolute Gasteiger partial charge is 0.0972 e. The molecule has 0 amide bonds. The highest BCUT2D eigenvalue weighted by molar-refractivity contribution is 6.15. The van der Waals surface area contributed by atoms with Crippen molar-refractivity contribution in [2.45, 2.75) is 198 Å². The molecule has 4 unspecified atom stereocenters. The number of benzene rings is 2. The van der Waals surface area contributed by atoms with Crippen LogP contribution in [0.2, 0.25) is 0 Å². The maximum Gasteiger partial charge on any atom is 0.0972 e. The molecule has 4 nitrogen and oxygen atoms in total. The van der Waals surface area contributed by atoms with Gasteiger partial charge in [-0.05, 0) is 86.5 Å². The van der Waals surface area contributed by atoms with Gasteiger partial charge in [0.1, 0.15) is 0 Å². The van der Waals surface area contributed by atoms with Crippen LogP contribution >= 0.6 is 0 Å². The number of aromatic nitrogens is 4. The molecule has 0 N–H and O–H groups in total. The van der Waals surface area contributed by atoms with Crippen LogP contribution < -0.4 is 0 Å². The lowest BCUT2D eigenvalue weighted by atomic mass is 9.89. The van der Waals surface area contributed by atoms with Gasteiger partial charge in [-0.1, -0.05) is 158 Å². The van der Waals surface area contributed by atoms with Gasteiger partial charge in [-0.25, -0.2) is 19.9 Å². The van der Waals surface area contributed by atoms with Crippen LogP contribution in [0.1, 0.15) is 192 Å². The van der Waals surface area contributed by atoms with Crippen molar-refractivity contribution in [2.24, 2.45) is 23.7 Å². The van der Waals surface area contributed by atoms with Crippen LogP contribution in [0.25, 0.3) is 32.8 Å². The molecule has 0 saturated heterocycles. The first-order valence-electron chi connectivity index (χ1n) is 22.2. The molecule has 0 radical (unpaired) electrons. The fourth-order valence-corrected chi connectivity index (χ4v) is 8.57. The highest BCUT2D eigenvalue weighted by Crippen LogP contribution is 2.36. The molecule has 0 fully saturated rings. The Morgan fingerprint density at radius 1 is 0.385 bits per heavy atom. The molecule has 2 aromatic carbocycles. The zero-order chi connectivity index (χ0) is 37.6. The van der Waals surface area contributed by atoms with Gasteiger partial charge in [-0.15, -0.1) is 0 Å². The highest BCUT2D eigenvalue weighted by atomic mass is 14.9. The second-order valence-corrected chi connectivity index (χ2v) is 16.6. The number of nitrogens with zero attached hydrogens (tertiary/aromatic N) is 4. The van der Waals surface area contributed by atoms with E-state index in [4.69, 9.17) is 19.9 Å². The summed E-state index contributed by atoms with van der Waals surface area (Å²) >= 11 is 0. The predicted molar refractivity (Wildman–Crippen MR) is 228 cm³/mol. The molecule has 0 aliphatic heterocycles. The van der Waals surface area contributed by atoms with Crippen LogP contribution in [-0.4, -0.2) is 19.9 Å². The number of hydrogen-bond donors (Lipinski definition) is 0. The minimum absolute atomic E-state index is 0.648. The third-order valence-corrected chi connectivity index (χ3v) is 12.5. The van der Waals surface area contributed by atoms with E-state index in [1.807, 2.05) is 0 Å². The Morgan fingerprint density at radius 3 is 0.865 bits per heavy atom. The number of hydrogen-bond acceptors (Lipinski definition) is 4. The molecule has 0 aliphatic rings. The van der Waals surface area contributed by atoms with E-state index in [1.165, 1.54) is 147 Å². The lowest BCUT2D eigenvalue weighted by molar-refractivity contribution is 0.427. The zero-order valence-corrected chi connectivity index (χ0v) is 35.4. The van der Waals surface area contributed by atoms with Gasteiger partial charge in [-0.3, -0.25) is 0 Å². The Hall–Kier alpha value is -2.62. The fraction of sp³-hybridized carbons (Fsp3) is 0.708. The number of rotatable bonds is 24. The van der Waals surface area contributed by atoms with E-state index in [-0.39, 0.29) is 0 Å². The van der Waals surface area contributed by atoms with Crippen LogP contribution in [0.4, 0.5) is 0 Å². The lowest BCUT2D eigenvalue weighted by Gasteiger charge is -2.22. The summed E-state index contributed by atoms with van der Waals surface area (Å²) in [6, 6.07) is 4.73. The molecule has 0 saturated carbocycles. The molecular formula is C48H76N4. The van der Waals surface area contributed by atoms with E-state index in [2.05, 4.69) is 81.4 Å². The normalized spacial score (nSPS) is 14.4. The van der Waals surface area contributed by atoms with E-state index in [1.54, 1.807) is 0 Å². The van der Waals surface area contributed by atoms with Crippen molar-refractivity contribution in [1.29, 1.82) is 0 Å². The second-order valence-electron chi connectivity index (χ2n) is 16.6. The standard InChI is InChI=1S/C48H76N4/c1-11-19-23-35(15-5)29-41-43(31-37(17-7)25-21-13-3)51-47-39-28-34(10)46-48(40(39)27-33(9)45(47)49-41)52-44(32-38(18-8)26-22-14-4)42(50-46)30-36(16-6)24-20-12-2/h27-28,35-38H,11-26,29-32H2,1-10H3. The first-order valence-corrected chi connectivity index (χ1v) is 22.2. The second kappa shape index (κ2) is 21.3. The summed E-state index contributed by atoms with van der Waals surface area (Å²) in [6.07, 6.45) is 24.2. The SMILES string of the molecule is CCCCC(CC)Cc1nc2c(C)cc3c(cc(C)c4nc(CC(CC)CCCC)c(CC(CC)CCCC)nc43)c2nc1CC(CC)CCCC.